The summed E-state index contributed by atoms with van der Waals surface area (Å²) in [6.45, 7) is 0.994. The molecule has 2 fully saturated rings. The molecular weight excluding hydrogens is 332 g/mol. The Labute approximate surface area is 160 Å². The molecule has 0 saturated carbocycles. The highest BCUT2D eigenvalue weighted by Crippen LogP contribution is 2.45. The molecule has 0 radical (unpaired) electrons. The van der Waals surface area contributed by atoms with Gasteiger partial charge in [0.05, 0.1) is 11.1 Å². The zero-order chi connectivity index (χ0) is 18.3. The van der Waals surface area contributed by atoms with Gasteiger partial charge in [-0.1, -0.05) is 48.9 Å². The Morgan fingerprint density at radius 1 is 0.963 bits per heavy atom. The highest BCUT2D eigenvalue weighted by Gasteiger charge is 2.46. The molecule has 3 heterocycles. The highest BCUT2D eigenvalue weighted by atomic mass is 16.3. The van der Waals surface area contributed by atoms with Gasteiger partial charge in [0.25, 0.3) is 0 Å². The van der Waals surface area contributed by atoms with Crippen molar-refractivity contribution in [3.63, 3.8) is 0 Å². The number of aromatic nitrogens is 1. The Hall–Kier alpha value is -2.23. The van der Waals surface area contributed by atoms with E-state index >= 15 is 0 Å². The first-order valence-corrected chi connectivity index (χ1v) is 10.1. The average molecular weight is 358 g/mol. The molecular formula is C24H26N2O. The molecule has 2 bridgehead atoms. The molecule has 0 amide bonds. The van der Waals surface area contributed by atoms with Crippen LogP contribution in [0.3, 0.4) is 0 Å². The third-order valence-corrected chi connectivity index (χ3v) is 6.51. The van der Waals surface area contributed by atoms with E-state index in [9.17, 15) is 5.11 Å². The van der Waals surface area contributed by atoms with Crippen LogP contribution in [0.5, 0.6) is 0 Å². The van der Waals surface area contributed by atoms with Crippen molar-refractivity contribution in [1.29, 1.82) is 0 Å². The second kappa shape index (κ2) is 6.74. The van der Waals surface area contributed by atoms with Crippen LogP contribution in [-0.4, -0.2) is 27.1 Å². The lowest BCUT2D eigenvalue weighted by Gasteiger charge is -2.52. The lowest BCUT2D eigenvalue weighted by atomic mass is 9.72. The molecule has 3 nitrogen and oxygen atoms in total. The Morgan fingerprint density at radius 3 is 2.52 bits per heavy atom. The minimum atomic E-state index is -0.729. The van der Waals surface area contributed by atoms with Crippen molar-refractivity contribution in [2.24, 2.45) is 0 Å². The van der Waals surface area contributed by atoms with Crippen molar-refractivity contribution in [2.45, 2.75) is 56.3 Å². The zero-order valence-electron chi connectivity index (χ0n) is 15.6. The standard InChI is InChI=1S/C24H26N2O/c27-24(20-11-12-23-19(14-20)8-5-13-25-23)15-21-9-4-10-22(16-24)26(21)17-18-6-2-1-3-7-18/h1-3,5-8,11-14,21-22,27H,4,9-10,15-17H2. The summed E-state index contributed by atoms with van der Waals surface area (Å²) in [7, 11) is 0. The maximum atomic E-state index is 11.6. The van der Waals surface area contributed by atoms with Crippen LogP contribution in [0.1, 0.15) is 43.2 Å². The topological polar surface area (TPSA) is 36.4 Å². The van der Waals surface area contributed by atoms with Gasteiger partial charge in [-0.15, -0.1) is 0 Å². The van der Waals surface area contributed by atoms with Gasteiger partial charge in [0.1, 0.15) is 0 Å². The predicted molar refractivity (Wildman–Crippen MR) is 108 cm³/mol. The molecule has 27 heavy (non-hydrogen) atoms. The SMILES string of the molecule is OC1(c2ccc3ncccc3c2)CC2CCCC(C1)N2Cc1ccccc1. The highest BCUT2D eigenvalue weighted by molar-refractivity contribution is 5.79. The minimum absolute atomic E-state index is 0.451. The molecule has 2 saturated heterocycles. The number of pyridine rings is 1. The van der Waals surface area contributed by atoms with Crippen LogP contribution in [0, 0.1) is 0 Å². The number of hydrogen-bond donors (Lipinski definition) is 1. The number of aliphatic hydroxyl groups is 1. The van der Waals surface area contributed by atoms with E-state index in [4.69, 9.17) is 0 Å². The molecule has 2 aromatic carbocycles. The Bertz CT molecular complexity index is 925. The molecule has 2 aliphatic heterocycles. The van der Waals surface area contributed by atoms with E-state index in [1.54, 1.807) is 0 Å². The van der Waals surface area contributed by atoms with Gasteiger partial charge in [-0.3, -0.25) is 9.88 Å². The summed E-state index contributed by atoms with van der Waals surface area (Å²) in [4.78, 5) is 7.07. The summed E-state index contributed by atoms with van der Waals surface area (Å²) >= 11 is 0. The van der Waals surface area contributed by atoms with Gasteiger partial charge in [-0.25, -0.2) is 0 Å². The van der Waals surface area contributed by atoms with E-state index in [2.05, 4.69) is 64.5 Å². The second-order valence-corrected chi connectivity index (χ2v) is 8.25. The van der Waals surface area contributed by atoms with E-state index in [1.165, 1.54) is 24.8 Å². The van der Waals surface area contributed by atoms with Crippen molar-refractivity contribution in [1.82, 2.24) is 9.88 Å². The summed E-state index contributed by atoms with van der Waals surface area (Å²) in [6.07, 6.45) is 7.10. The molecule has 1 N–H and O–H groups in total. The second-order valence-electron chi connectivity index (χ2n) is 8.25. The summed E-state index contributed by atoms with van der Waals surface area (Å²) in [5.41, 5.74) is 2.69. The molecule has 1 aromatic heterocycles. The van der Waals surface area contributed by atoms with Gasteiger partial charge in [-0.05, 0) is 55.0 Å². The third kappa shape index (κ3) is 3.15. The van der Waals surface area contributed by atoms with Gasteiger partial charge in [-0.2, -0.15) is 0 Å². The van der Waals surface area contributed by atoms with E-state index in [-0.39, 0.29) is 0 Å². The lowest BCUT2D eigenvalue weighted by Crippen LogP contribution is -2.56. The normalized spacial score (nSPS) is 28.3. The van der Waals surface area contributed by atoms with Crippen LogP contribution in [0.25, 0.3) is 10.9 Å². The molecule has 5 rings (SSSR count). The zero-order valence-corrected chi connectivity index (χ0v) is 15.6. The monoisotopic (exact) mass is 358 g/mol. The summed E-state index contributed by atoms with van der Waals surface area (Å²) in [5, 5.41) is 12.8. The summed E-state index contributed by atoms with van der Waals surface area (Å²) in [5.74, 6) is 0. The van der Waals surface area contributed by atoms with Crippen LogP contribution < -0.4 is 0 Å². The van der Waals surface area contributed by atoms with Crippen LogP contribution in [-0.2, 0) is 12.1 Å². The molecule has 2 unspecified atom stereocenters. The van der Waals surface area contributed by atoms with E-state index < -0.39 is 5.60 Å². The molecule has 0 spiro atoms. The quantitative estimate of drug-likeness (QED) is 0.741. The first kappa shape index (κ1) is 16.9. The van der Waals surface area contributed by atoms with Crippen molar-refractivity contribution in [3.8, 4) is 0 Å². The van der Waals surface area contributed by atoms with Crippen molar-refractivity contribution < 1.29 is 5.11 Å². The number of rotatable bonds is 3. The molecule has 2 aliphatic rings. The minimum Gasteiger partial charge on any atom is -0.385 e. The molecule has 3 heteroatoms. The Kier molecular flexibility index (Phi) is 4.22. The molecule has 0 aliphatic carbocycles. The fourth-order valence-corrected chi connectivity index (χ4v) is 5.17. The van der Waals surface area contributed by atoms with E-state index in [0.29, 0.717) is 12.1 Å². The largest absolute Gasteiger partial charge is 0.385 e. The Morgan fingerprint density at radius 2 is 1.74 bits per heavy atom. The van der Waals surface area contributed by atoms with Gasteiger partial charge < -0.3 is 5.11 Å². The van der Waals surface area contributed by atoms with Crippen molar-refractivity contribution in [3.05, 3.63) is 78.0 Å². The maximum absolute atomic E-state index is 11.6. The molecule has 138 valence electrons. The lowest BCUT2D eigenvalue weighted by molar-refractivity contribution is -0.0998. The van der Waals surface area contributed by atoms with Crippen molar-refractivity contribution >= 4 is 10.9 Å². The number of benzene rings is 2. The first-order chi connectivity index (χ1) is 13.2. The fraction of sp³-hybridized carbons (Fsp3) is 0.375. The first-order valence-electron chi connectivity index (χ1n) is 10.1. The van der Waals surface area contributed by atoms with Gasteiger partial charge in [0.15, 0.2) is 0 Å². The molecule has 2 atom stereocenters. The van der Waals surface area contributed by atoms with Gasteiger partial charge in [0, 0.05) is 30.2 Å². The third-order valence-electron chi connectivity index (χ3n) is 6.51. The number of hydrogen-bond acceptors (Lipinski definition) is 3. The van der Waals surface area contributed by atoms with E-state index in [0.717, 1.165) is 35.9 Å². The van der Waals surface area contributed by atoms with E-state index in [1.807, 2.05) is 12.3 Å². The number of fused-ring (bicyclic) bond motifs is 3. The van der Waals surface area contributed by atoms with Crippen LogP contribution in [0.2, 0.25) is 0 Å². The predicted octanol–water partition coefficient (Wildman–Crippen LogP) is 4.64. The number of nitrogens with zero attached hydrogens (tertiary/aromatic N) is 2. The average Bonchev–Trinajstić information content (AvgIpc) is 2.69. The fourth-order valence-electron chi connectivity index (χ4n) is 5.17. The van der Waals surface area contributed by atoms with Crippen LogP contribution >= 0.6 is 0 Å². The van der Waals surface area contributed by atoms with Gasteiger partial charge >= 0.3 is 0 Å². The smallest absolute Gasteiger partial charge is 0.0926 e. The maximum Gasteiger partial charge on any atom is 0.0926 e. The van der Waals surface area contributed by atoms with Crippen molar-refractivity contribution in [2.75, 3.05) is 0 Å². The summed E-state index contributed by atoms with van der Waals surface area (Å²) < 4.78 is 0. The Balaban J connectivity index is 1.44. The number of piperidine rings is 2. The van der Waals surface area contributed by atoms with Gasteiger partial charge in [0.2, 0.25) is 0 Å². The summed E-state index contributed by atoms with van der Waals surface area (Å²) in [6, 6.07) is 22.0. The van der Waals surface area contributed by atoms with Crippen LogP contribution in [0.15, 0.2) is 66.9 Å². The molecule has 3 aromatic rings. The van der Waals surface area contributed by atoms with Crippen LogP contribution in [0.4, 0.5) is 0 Å².